The molecule has 2 aromatic rings. The number of aromatic hydroxyl groups is 1. The number of carbonyl (C=O) groups excluding carboxylic acids is 1. The summed E-state index contributed by atoms with van der Waals surface area (Å²) in [5, 5.41) is 10.2. The van der Waals surface area contributed by atoms with Crippen molar-refractivity contribution in [2.24, 2.45) is 0 Å². The van der Waals surface area contributed by atoms with Gasteiger partial charge in [0.1, 0.15) is 30.1 Å². The van der Waals surface area contributed by atoms with Crippen LogP contribution in [0.25, 0.3) is 6.08 Å². The maximum Gasteiger partial charge on any atom is 0.158 e. The van der Waals surface area contributed by atoms with E-state index in [1.807, 2.05) is 39.8 Å². The Bertz CT molecular complexity index is 849. The Morgan fingerprint density at radius 2 is 1.80 bits per heavy atom. The first kappa shape index (κ1) is 17.1. The number of benzene rings is 2. The fraction of sp³-hybridized carbons (Fsp3) is 0.286. The zero-order valence-electron chi connectivity index (χ0n) is 14.9. The first-order valence-electron chi connectivity index (χ1n) is 8.23. The van der Waals surface area contributed by atoms with E-state index in [0.717, 1.165) is 34.3 Å². The van der Waals surface area contributed by atoms with Crippen LogP contribution in [0.4, 0.5) is 0 Å². The molecule has 4 heteroatoms. The van der Waals surface area contributed by atoms with Crippen molar-refractivity contribution in [2.75, 3.05) is 6.61 Å². The number of ether oxygens (including phenoxy) is 2. The van der Waals surface area contributed by atoms with Crippen LogP contribution >= 0.6 is 0 Å². The molecule has 3 rings (SSSR count). The number of carbonyl (C=O) groups is 1. The third kappa shape index (κ3) is 3.12. The van der Waals surface area contributed by atoms with Crippen LogP contribution in [0.2, 0.25) is 0 Å². The molecule has 130 valence electrons. The second-order valence-electron chi connectivity index (χ2n) is 6.69. The summed E-state index contributed by atoms with van der Waals surface area (Å²) in [4.78, 5) is 10.7. The standard InChI is InChI=1S/C21H22O4/c1-13-14(2)20-18(15(3)19(13)23)9-10-21(4,25-20)12-24-17-7-5-16(11-22)6-8-17/h5-11,23H,12H2,1-4H3. The van der Waals surface area contributed by atoms with E-state index in [9.17, 15) is 9.90 Å². The van der Waals surface area contributed by atoms with Gasteiger partial charge in [-0.05, 0) is 69.2 Å². The first-order valence-corrected chi connectivity index (χ1v) is 8.23. The van der Waals surface area contributed by atoms with Crippen molar-refractivity contribution < 1.29 is 19.4 Å². The van der Waals surface area contributed by atoms with Gasteiger partial charge in [0.25, 0.3) is 0 Å². The third-order valence-electron chi connectivity index (χ3n) is 4.74. The van der Waals surface area contributed by atoms with Crippen molar-refractivity contribution in [3.63, 3.8) is 0 Å². The summed E-state index contributed by atoms with van der Waals surface area (Å²) >= 11 is 0. The van der Waals surface area contributed by atoms with Gasteiger partial charge in [0.2, 0.25) is 0 Å². The highest BCUT2D eigenvalue weighted by Gasteiger charge is 2.31. The Labute approximate surface area is 147 Å². The number of hydrogen-bond donors (Lipinski definition) is 1. The molecule has 25 heavy (non-hydrogen) atoms. The van der Waals surface area contributed by atoms with Gasteiger partial charge < -0.3 is 14.6 Å². The van der Waals surface area contributed by atoms with Crippen LogP contribution in [0, 0.1) is 20.8 Å². The quantitative estimate of drug-likeness (QED) is 0.841. The number of phenols is 1. The minimum atomic E-state index is -0.614. The lowest BCUT2D eigenvalue weighted by Gasteiger charge is -2.33. The predicted octanol–water partition coefficient (Wildman–Crippen LogP) is 4.37. The summed E-state index contributed by atoms with van der Waals surface area (Å²) in [7, 11) is 0. The number of hydrogen-bond acceptors (Lipinski definition) is 4. The summed E-state index contributed by atoms with van der Waals surface area (Å²) in [6, 6.07) is 6.98. The SMILES string of the molecule is Cc1c(C)c2c(c(C)c1O)C=CC(C)(COc1ccc(C=O)cc1)O2. The van der Waals surface area contributed by atoms with Crippen LogP contribution < -0.4 is 9.47 Å². The van der Waals surface area contributed by atoms with Crippen molar-refractivity contribution in [2.45, 2.75) is 33.3 Å². The van der Waals surface area contributed by atoms with E-state index in [4.69, 9.17) is 9.47 Å². The Morgan fingerprint density at radius 1 is 1.12 bits per heavy atom. The molecule has 0 saturated heterocycles. The molecule has 0 radical (unpaired) electrons. The summed E-state index contributed by atoms with van der Waals surface area (Å²) in [5.41, 5.74) is 3.50. The largest absolute Gasteiger partial charge is 0.507 e. The van der Waals surface area contributed by atoms with Gasteiger partial charge in [0.05, 0.1) is 0 Å². The lowest BCUT2D eigenvalue weighted by atomic mass is 9.92. The molecule has 0 amide bonds. The lowest BCUT2D eigenvalue weighted by Crippen LogP contribution is -2.39. The topological polar surface area (TPSA) is 55.8 Å². The summed E-state index contributed by atoms with van der Waals surface area (Å²) < 4.78 is 12.1. The third-order valence-corrected chi connectivity index (χ3v) is 4.74. The second-order valence-corrected chi connectivity index (χ2v) is 6.69. The number of phenolic OH excluding ortho intramolecular Hbond substituents is 1. The molecule has 1 heterocycles. The highest BCUT2D eigenvalue weighted by Crippen LogP contribution is 2.42. The molecule has 1 atom stereocenters. The van der Waals surface area contributed by atoms with Crippen molar-refractivity contribution in [3.8, 4) is 17.2 Å². The van der Waals surface area contributed by atoms with Crippen molar-refractivity contribution in [1.82, 2.24) is 0 Å². The molecule has 2 aromatic carbocycles. The summed E-state index contributed by atoms with van der Waals surface area (Å²) in [5.74, 6) is 1.79. The zero-order chi connectivity index (χ0) is 18.2. The summed E-state index contributed by atoms with van der Waals surface area (Å²) in [6.45, 7) is 8.03. The molecule has 0 bridgehead atoms. The molecule has 1 aliphatic rings. The van der Waals surface area contributed by atoms with E-state index in [2.05, 4.69) is 0 Å². The Kier molecular flexibility index (Phi) is 4.29. The molecule has 1 aliphatic heterocycles. The Balaban J connectivity index is 1.82. The van der Waals surface area contributed by atoms with Gasteiger partial charge in [-0.3, -0.25) is 4.79 Å². The van der Waals surface area contributed by atoms with Gasteiger partial charge in [-0.2, -0.15) is 0 Å². The minimum Gasteiger partial charge on any atom is -0.507 e. The summed E-state index contributed by atoms with van der Waals surface area (Å²) in [6.07, 6.45) is 4.74. The van der Waals surface area contributed by atoms with Crippen LogP contribution in [0.3, 0.4) is 0 Å². The van der Waals surface area contributed by atoms with Crippen LogP contribution in [0.15, 0.2) is 30.3 Å². The maximum atomic E-state index is 10.7. The molecule has 0 spiro atoms. The number of aldehydes is 1. The van der Waals surface area contributed by atoms with E-state index in [-0.39, 0.29) is 0 Å². The molecule has 1 unspecified atom stereocenters. The second kappa shape index (κ2) is 6.28. The van der Waals surface area contributed by atoms with Crippen molar-refractivity contribution >= 4 is 12.4 Å². The van der Waals surface area contributed by atoms with Gasteiger partial charge in [0, 0.05) is 16.7 Å². The van der Waals surface area contributed by atoms with Crippen LogP contribution in [-0.4, -0.2) is 23.6 Å². The van der Waals surface area contributed by atoms with Gasteiger partial charge >= 0.3 is 0 Å². The molecule has 1 N–H and O–H groups in total. The Hall–Kier alpha value is -2.75. The van der Waals surface area contributed by atoms with Gasteiger partial charge in [-0.15, -0.1) is 0 Å². The molecule has 0 saturated carbocycles. The first-order chi connectivity index (χ1) is 11.8. The van der Waals surface area contributed by atoms with Crippen LogP contribution in [0.5, 0.6) is 17.2 Å². The molecular formula is C21H22O4. The maximum absolute atomic E-state index is 10.7. The molecule has 0 aromatic heterocycles. The number of fused-ring (bicyclic) bond motifs is 1. The normalized spacial score (nSPS) is 18.4. The van der Waals surface area contributed by atoms with Crippen molar-refractivity contribution in [3.05, 3.63) is 58.2 Å². The molecule has 4 nitrogen and oxygen atoms in total. The molecular weight excluding hydrogens is 316 g/mol. The average molecular weight is 338 g/mol. The van der Waals surface area contributed by atoms with Gasteiger partial charge in [-0.1, -0.05) is 6.08 Å². The Morgan fingerprint density at radius 3 is 2.44 bits per heavy atom. The van der Waals surface area contributed by atoms with Crippen LogP contribution in [-0.2, 0) is 0 Å². The fourth-order valence-corrected chi connectivity index (χ4v) is 2.93. The number of rotatable bonds is 4. The highest BCUT2D eigenvalue weighted by molar-refractivity contribution is 5.75. The van der Waals surface area contributed by atoms with Crippen molar-refractivity contribution in [1.29, 1.82) is 0 Å². The molecule has 0 fully saturated rings. The molecule has 0 aliphatic carbocycles. The van der Waals surface area contributed by atoms with Gasteiger partial charge in [0.15, 0.2) is 5.60 Å². The highest BCUT2D eigenvalue weighted by atomic mass is 16.5. The van der Waals surface area contributed by atoms with E-state index >= 15 is 0 Å². The lowest BCUT2D eigenvalue weighted by molar-refractivity contribution is 0.0746. The van der Waals surface area contributed by atoms with E-state index in [1.165, 1.54) is 0 Å². The smallest absolute Gasteiger partial charge is 0.158 e. The monoisotopic (exact) mass is 338 g/mol. The minimum absolute atomic E-state index is 0.319. The predicted molar refractivity (Wildman–Crippen MR) is 97.7 cm³/mol. The van der Waals surface area contributed by atoms with E-state index < -0.39 is 5.60 Å². The average Bonchev–Trinajstić information content (AvgIpc) is 2.63. The van der Waals surface area contributed by atoms with E-state index in [0.29, 0.717) is 23.7 Å². The zero-order valence-corrected chi connectivity index (χ0v) is 14.9. The van der Waals surface area contributed by atoms with E-state index in [1.54, 1.807) is 24.3 Å². The fourth-order valence-electron chi connectivity index (χ4n) is 2.93. The van der Waals surface area contributed by atoms with Gasteiger partial charge in [-0.25, -0.2) is 0 Å². The van der Waals surface area contributed by atoms with Crippen LogP contribution in [0.1, 0.15) is 39.5 Å².